The van der Waals surface area contributed by atoms with E-state index in [2.05, 4.69) is 45.2 Å². The first-order valence-corrected chi connectivity index (χ1v) is 9.36. The Balaban J connectivity index is 1.45. The Morgan fingerprint density at radius 2 is 2.07 bits per heavy atom. The van der Waals surface area contributed by atoms with Crippen molar-refractivity contribution in [3.8, 4) is 0 Å². The van der Waals surface area contributed by atoms with E-state index in [0.29, 0.717) is 6.42 Å². The average Bonchev–Trinajstić information content (AvgIpc) is 3.36. The monoisotopic (exact) mass is 360 g/mol. The zero-order chi connectivity index (χ0) is 18.6. The Morgan fingerprint density at radius 1 is 1.22 bits per heavy atom. The van der Waals surface area contributed by atoms with Crippen molar-refractivity contribution in [2.24, 2.45) is 0 Å². The van der Waals surface area contributed by atoms with E-state index in [1.165, 1.54) is 16.8 Å². The molecule has 5 heteroatoms. The maximum Gasteiger partial charge on any atom is 0.227 e. The van der Waals surface area contributed by atoms with Crippen molar-refractivity contribution in [1.29, 1.82) is 0 Å². The van der Waals surface area contributed by atoms with Crippen LogP contribution < -0.4 is 9.80 Å². The van der Waals surface area contributed by atoms with Gasteiger partial charge in [-0.1, -0.05) is 36.4 Å². The number of benzene rings is 2. The summed E-state index contributed by atoms with van der Waals surface area (Å²) in [6.45, 7) is 1.80. The lowest BCUT2D eigenvalue weighted by molar-refractivity contribution is -0.118. The van der Waals surface area contributed by atoms with Gasteiger partial charge in [-0.3, -0.25) is 4.79 Å². The molecule has 1 aliphatic heterocycles. The number of imidazole rings is 1. The van der Waals surface area contributed by atoms with E-state index in [1.807, 2.05) is 31.4 Å². The lowest BCUT2D eigenvalue weighted by Gasteiger charge is -2.22. The van der Waals surface area contributed by atoms with E-state index in [0.717, 1.165) is 37.3 Å². The number of aryl methyl sites for hydroxylation is 1. The molecule has 27 heavy (non-hydrogen) atoms. The molecular weight excluding hydrogens is 336 g/mol. The number of nitrogens with one attached hydrogen (secondary N) is 1. The highest BCUT2D eigenvalue weighted by Gasteiger charge is 2.21. The third kappa shape index (κ3) is 3.87. The summed E-state index contributed by atoms with van der Waals surface area (Å²) in [5.41, 5.74) is 5.79. The highest BCUT2D eigenvalue weighted by molar-refractivity contribution is 5.93. The van der Waals surface area contributed by atoms with Crippen molar-refractivity contribution in [3.63, 3.8) is 0 Å². The van der Waals surface area contributed by atoms with Gasteiger partial charge in [0.1, 0.15) is 0 Å². The fourth-order valence-electron chi connectivity index (χ4n) is 3.59. The molecule has 2 heterocycles. The van der Waals surface area contributed by atoms with E-state index < -0.39 is 0 Å². The first-order chi connectivity index (χ1) is 13.2. The molecule has 0 saturated carbocycles. The van der Waals surface area contributed by atoms with Crippen LogP contribution >= 0.6 is 0 Å². The summed E-state index contributed by atoms with van der Waals surface area (Å²) < 4.78 is 0. The minimum atomic E-state index is 0.136. The summed E-state index contributed by atoms with van der Waals surface area (Å²) in [6.07, 6.45) is 5.88. The summed E-state index contributed by atoms with van der Waals surface area (Å²) in [6, 6.07) is 16.5. The smallest absolute Gasteiger partial charge is 0.227 e. The Bertz CT molecular complexity index is 905. The lowest BCUT2D eigenvalue weighted by atomic mass is 10.1. The largest absolute Gasteiger partial charge is 0.365 e. The van der Waals surface area contributed by atoms with Gasteiger partial charge in [0.25, 0.3) is 0 Å². The van der Waals surface area contributed by atoms with Gasteiger partial charge in [-0.2, -0.15) is 0 Å². The number of carbonyl (C=O) groups is 1. The predicted octanol–water partition coefficient (Wildman–Crippen LogP) is 3.57. The number of anilines is 2. The van der Waals surface area contributed by atoms with Crippen LogP contribution in [-0.2, 0) is 24.2 Å². The van der Waals surface area contributed by atoms with Gasteiger partial charge in [0.15, 0.2) is 0 Å². The van der Waals surface area contributed by atoms with Crippen molar-refractivity contribution in [1.82, 2.24) is 9.97 Å². The van der Waals surface area contributed by atoms with Crippen molar-refractivity contribution in [3.05, 3.63) is 77.9 Å². The van der Waals surface area contributed by atoms with Crippen LogP contribution in [0.1, 0.15) is 23.2 Å². The molecule has 0 unspecified atom stereocenters. The van der Waals surface area contributed by atoms with Gasteiger partial charge < -0.3 is 14.8 Å². The second-order valence-electron chi connectivity index (χ2n) is 7.00. The number of nitrogens with zero attached hydrogens (tertiary/aromatic N) is 3. The summed E-state index contributed by atoms with van der Waals surface area (Å²) in [5, 5.41) is 0. The number of fused-ring (bicyclic) bond motifs is 1. The second kappa shape index (κ2) is 7.66. The molecule has 5 nitrogen and oxygen atoms in total. The molecule has 2 aromatic carbocycles. The zero-order valence-electron chi connectivity index (χ0n) is 15.6. The van der Waals surface area contributed by atoms with E-state index in [1.54, 1.807) is 11.2 Å². The number of hydrogen-bond acceptors (Lipinski definition) is 3. The zero-order valence-corrected chi connectivity index (χ0v) is 15.6. The van der Waals surface area contributed by atoms with Crippen molar-refractivity contribution in [2.45, 2.75) is 25.8 Å². The van der Waals surface area contributed by atoms with Gasteiger partial charge in [0.2, 0.25) is 5.91 Å². The number of carbonyl (C=O) groups excluding carboxylic acids is 1. The molecule has 138 valence electrons. The molecular formula is C22H24N4O. The molecule has 0 aliphatic carbocycles. The predicted molar refractivity (Wildman–Crippen MR) is 108 cm³/mol. The quantitative estimate of drug-likeness (QED) is 0.731. The van der Waals surface area contributed by atoms with Gasteiger partial charge in [-0.15, -0.1) is 0 Å². The first kappa shape index (κ1) is 17.3. The van der Waals surface area contributed by atoms with Gasteiger partial charge in [-0.05, 0) is 36.1 Å². The summed E-state index contributed by atoms with van der Waals surface area (Å²) >= 11 is 0. The lowest BCUT2D eigenvalue weighted by Crippen LogP contribution is -2.27. The normalized spacial score (nSPS) is 12.9. The molecule has 4 rings (SSSR count). The minimum Gasteiger partial charge on any atom is -0.365 e. The number of rotatable bonds is 6. The Kier molecular flexibility index (Phi) is 4.92. The van der Waals surface area contributed by atoms with Crippen LogP contribution in [0.3, 0.4) is 0 Å². The molecule has 3 aromatic rings. The third-order valence-electron chi connectivity index (χ3n) is 5.21. The number of amides is 1. The van der Waals surface area contributed by atoms with Gasteiger partial charge in [-0.25, -0.2) is 4.98 Å². The Labute approximate surface area is 159 Å². The van der Waals surface area contributed by atoms with Crippen LogP contribution in [-0.4, -0.2) is 29.5 Å². The molecule has 0 spiro atoms. The van der Waals surface area contributed by atoms with Crippen LogP contribution in [0.25, 0.3) is 0 Å². The van der Waals surface area contributed by atoms with Crippen LogP contribution in [0.5, 0.6) is 0 Å². The molecule has 0 radical (unpaired) electrons. The Hall–Kier alpha value is -3.08. The third-order valence-corrected chi connectivity index (χ3v) is 5.21. The number of aromatic amines is 1. The topological polar surface area (TPSA) is 52.2 Å². The van der Waals surface area contributed by atoms with Gasteiger partial charge >= 0.3 is 0 Å². The molecule has 0 atom stereocenters. The average molecular weight is 360 g/mol. The molecule has 0 bridgehead atoms. The number of aromatic nitrogens is 2. The molecule has 0 fully saturated rings. The second-order valence-corrected chi connectivity index (χ2v) is 7.00. The maximum atomic E-state index is 12.7. The molecule has 0 saturated heterocycles. The highest BCUT2D eigenvalue weighted by atomic mass is 16.2. The van der Waals surface area contributed by atoms with Crippen LogP contribution in [0.2, 0.25) is 0 Å². The number of hydrogen-bond donors (Lipinski definition) is 1. The standard InChI is InChI=1S/C22H24N4O/c1-25(22(27)10-7-17-5-3-2-4-6-17)20-9-8-18-11-12-26(21(18)13-20)15-19-14-23-16-24-19/h2-6,8-9,13-14,16H,7,10-12,15H2,1H3,(H,23,24). The SMILES string of the molecule is CN(C(=O)CCc1ccccc1)c1ccc2c(c1)N(Cc1cnc[nH]1)CC2. The molecule has 1 aliphatic rings. The van der Waals surface area contributed by atoms with E-state index in [-0.39, 0.29) is 5.91 Å². The van der Waals surface area contributed by atoms with Crippen LogP contribution in [0.15, 0.2) is 61.1 Å². The summed E-state index contributed by atoms with van der Waals surface area (Å²) in [7, 11) is 1.86. The fourth-order valence-corrected chi connectivity index (χ4v) is 3.59. The van der Waals surface area contributed by atoms with E-state index >= 15 is 0 Å². The maximum absolute atomic E-state index is 12.7. The fraction of sp³-hybridized carbons (Fsp3) is 0.273. The summed E-state index contributed by atoms with van der Waals surface area (Å²) in [5.74, 6) is 0.136. The molecule has 1 aromatic heterocycles. The number of H-pyrrole nitrogens is 1. The minimum absolute atomic E-state index is 0.136. The molecule has 1 N–H and O–H groups in total. The summed E-state index contributed by atoms with van der Waals surface area (Å²) in [4.78, 5) is 24.0. The highest BCUT2D eigenvalue weighted by Crippen LogP contribution is 2.33. The van der Waals surface area contributed by atoms with Crippen LogP contribution in [0, 0.1) is 0 Å². The first-order valence-electron chi connectivity index (χ1n) is 9.36. The van der Waals surface area contributed by atoms with Crippen molar-refractivity contribution >= 4 is 17.3 Å². The van der Waals surface area contributed by atoms with E-state index in [4.69, 9.17) is 0 Å². The molecule has 1 amide bonds. The van der Waals surface area contributed by atoms with Crippen molar-refractivity contribution in [2.75, 3.05) is 23.4 Å². The Morgan fingerprint density at radius 3 is 2.85 bits per heavy atom. The van der Waals surface area contributed by atoms with Crippen molar-refractivity contribution < 1.29 is 4.79 Å². The van der Waals surface area contributed by atoms with Gasteiger partial charge in [0.05, 0.1) is 18.6 Å². The van der Waals surface area contributed by atoms with Gasteiger partial charge in [0, 0.05) is 37.6 Å². The van der Waals surface area contributed by atoms with Crippen LogP contribution in [0.4, 0.5) is 11.4 Å². The van der Waals surface area contributed by atoms with E-state index in [9.17, 15) is 4.79 Å².